The highest BCUT2D eigenvalue weighted by Gasteiger charge is 2.30. The third-order valence-electron chi connectivity index (χ3n) is 3.22. The van der Waals surface area contributed by atoms with Crippen molar-refractivity contribution in [1.82, 2.24) is 0 Å². The molecule has 0 spiro atoms. The molecule has 6 heteroatoms. The van der Waals surface area contributed by atoms with Gasteiger partial charge in [-0.25, -0.2) is 4.79 Å². The zero-order chi connectivity index (χ0) is 16.3. The van der Waals surface area contributed by atoms with E-state index in [0.717, 1.165) is 12.1 Å². The first kappa shape index (κ1) is 15.9. The van der Waals surface area contributed by atoms with Crippen LogP contribution in [-0.4, -0.2) is 11.1 Å². The van der Waals surface area contributed by atoms with Crippen LogP contribution in [0, 0.1) is 6.92 Å². The monoisotopic (exact) mass is 309 g/mol. The van der Waals surface area contributed by atoms with Crippen LogP contribution >= 0.6 is 0 Å². The lowest BCUT2D eigenvalue weighted by molar-refractivity contribution is -0.137. The summed E-state index contributed by atoms with van der Waals surface area (Å²) in [5.41, 5.74) is 1.15. The van der Waals surface area contributed by atoms with Gasteiger partial charge < -0.3 is 10.4 Å². The molecule has 0 aliphatic heterocycles. The summed E-state index contributed by atoms with van der Waals surface area (Å²) in [5.74, 6) is -1.04. The van der Waals surface area contributed by atoms with E-state index < -0.39 is 17.7 Å². The van der Waals surface area contributed by atoms with E-state index in [4.69, 9.17) is 5.11 Å². The van der Waals surface area contributed by atoms with Crippen LogP contribution in [0.3, 0.4) is 0 Å². The molecular weight excluding hydrogens is 295 g/mol. The van der Waals surface area contributed by atoms with Gasteiger partial charge in [0.05, 0.1) is 11.1 Å². The van der Waals surface area contributed by atoms with E-state index in [9.17, 15) is 18.0 Å². The first-order chi connectivity index (χ1) is 10.3. The Morgan fingerprint density at radius 1 is 1.18 bits per heavy atom. The first-order valence-electron chi connectivity index (χ1n) is 6.51. The number of carboxylic acid groups (broad SMARTS) is 1. The lowest BCUT2D eigenvalue weighted by Gasteiger charge is -2.13. The molecule has 0 atom stereocenters. The van der Waals surface area contributed by atoms with Gasteiger partial charge in [0.1, 0.15) is 0 Å². The number of halogens is 3. The smallest absolute Gasteiger partial charge is 0.416 e. The summed E-state index contributed by atoms with van der Waals surface area (Å²) >= 11 is 0. The number of aromatic carboxylic acids is 1. The molecule has 0 saturated carbocycles. The number of hydrogen-bond donors (Lipinski definition) is 2. The molecule has 0 unspecified atom stereocenters. The van der Waals surface area contributed by atoms with Gasteiger partial charge in [-0.2, -0.15) is 13.2 Å². The number of benzene rings is 2. The van der Waals surface area contributed by atoms with Gasteiger partial charge in [-0.05, 0) is 42.3 Å². The Bertz CT molecular complexity index is 696. The summed E-state index contributed by atoms with van der Waals surface area (Å²) in [7, 11) is 0. The molecule has 116 valence electrons. The molecule has 0 aliphatic rings. The Labute approximate surface area is 125 Å². The summed E-state index contributed by atoms with van der Waals surface area (Å²) < 4.78 is 38.1. The highest BCUT2D eigenvalue weighted by atomic mass is 19.4. The summed E-state index contributed by atoms with van der Waals surface area (Å²) in [6, 6.07) is 9.74. The third kappa shape index (κ3) is 3.78. The maximum atomic E-state index is 12.7. The van der Waals surface area contributed by atoms with Crippen molar-refractivity contribution in [2.24, 2.45) is 0 Å². The molecule has 2 aromatic carbocycles. The van der Waals surface area contributed by atoms with Gasteiger partial charge in [-0.3, -0.25) is 0 Å². The Morgan fingerprint density at radius 3 is 2.55 bits per heavy atom. The van der Waals surface area contributed by atoms with E-state index in [1.807, 2.05) is 0 Å². The molecule has 0 heterocycles. The molecule has 2 rings (SSSR count). The van der Waals surface area contributed by atoms with Crippen LogP contribution in [0.2, 0.25) is 0 Å². The molecule has 0 bridgehead atoms. The van der Waals surface area contributed by atoms with E-state index in [0.29, 0.717) is 16.8 Å². The fraction of sp³-hybridized carbons (Fsp3) is 0.188. The number of carbonyl (C=O) groups is 1. The van der Waals surface area contributed by atoms with Gasteiger partial charge in [0.2, 0.25) is 0 Å². The predicted octanol–water partition coefficient (Wildman–Crippen LogP) is 4.32. The second kappa shape index (κ2) is 6.09. The third-order valence-corrected chi connectivity index (χ3v) is 3.22. The van der Waals surface area contributed by atoms with E-state index in [1.54, 1.807) is 19.1 Å². The van der Waals surface area contributed by atoms with Crippen LogP contribution in [0.5, 0.6) is 0 Å². The normalized spacial score (nSPS) is 11.3. The molecule has 3 nitrogen and oxygen atoms in total. The predicted molar refractivity (Wildman–Crippen MR) is 76.9 cm³/mol. The molecular formula is C16H14F3NO2. The van der Waals surface area contributed by atoms with Crippen LogP contribution in [0.25, 0.3) is 0 Å². The highest BCUT2D eigenvalue weighted by molar-refractivity contribution is 5.87. The van der Waals surface area contributed by atoms with Gasteiger partial charge in [0.25, 0.3) is 0 Å². The van der Waals surface area contributed by atoms with Crippen LogP contribution < -0.4 is 5.32 Å². The summed E-state index contributed by atoms with van der Waals surface area (Å²) in [5, 5.41) is 11.8. The Hall–Kier alpha value is -2.50. The Balaban J connectivity index is 2.18. The van der Waals surface area contributed by atoms with Crippen LogP contribution in [-0.2, 0) is 12.7 Å². The van der Waals surface area contributed by atoms with E-state index >= 15 is 0 Å². The SMILES string of the molecule is Cc1ccc(C(F)(F)F)cc1NCc1cccc(C(=O)O)c1. The Morgan fingerprint density at radius 2 is 1.91 bits per heavy atom. The van der Waals surface area contributed by atoms with Crippen molar-refractivity contribution in [1.29, 1.82) is 0 Å². The topological polar surface area (TPSA) is 49.3 Å². The van der Waals surface area contributed by atoms with Gasteiger partial charge >= 0.3 is 12.1 Å². The molecule has 2 N–H and O–H groups in total. The molecule has 0 amide bonds. The number of nitrogens with one attached hydrogen (secondary N) is 1. The minimum absolute atomic E-state index is 0.139. The zero-order valence-electron chi connectivity index (χ0n) is 11.7. The van der Waals surface area contributed by atoms with Crippen molar-refractivity contribution < 1.29 is 23.1 Å². The molecule has 2 aromatic rings. The standard InChI is InChI=1S/C16H14F3NO2/c1-10-5-6-13(16(17,18)19)8-14(10)20-9-11-3-2-4-12(7-11)15(21)22/h2-8,20H,9H2,1H3,(H,21,22). The number of rotatable bonds is 4. The van der Waals surface area contributed by atoms with Gasteiger partial charge in [0, 0.05) is 12.2 Å². The van der Waals surface area contributed by atoms with E-state index in [1.165, 1.54) is 18.2 Å². The second-order valence-corrected chi connectivity index (χ2v) is 4.89. The van der Waals surface area contributed by atoms with Gasteiger partial charge in [0.15, 0.2) is 0 Å². The largest absolute Gasteiger partial charge is 0.478 e. The summed E-state index contributed by atoms with van der Waals surface area (Å²) in [6.45, 7) is 1.94. The number of hydrogen-bond acceptors (Lipinski definition) is 2. The molecule has 0 fully saturated rings. The van der Waals surface area contributed by atoms with Gasteiger partial charge in [-0.1, -0.05) is 18.2 Å². The fourth-order valence-electron chi connectivity index (χ4n) is 2.00. The van der Waals surface area contributed by atoms with Crippen molar-refractivity contribution in [2.75, 3.05) is 5.32 Å². The van der Waals surface area contributed by atoms with Gasteiger partial charge in [-0.15, -0.1) is 0 Å². The fourth-order valence-corrected chi connectivity index (χ4v) is 2.00. The molecule has 0 radical (unpaired) electrons. The minimum Gasteiger partial charge on any atom is -0.478 e. The molecule has 22 heavy (non-hydrogen) atoms. The molecule has 0 aliphatic carbocycles. The number of alkyl halides is 3. The zero-order valence-corrected chi connectivity index (χ0v) is 11.7. The van der Waals surface area contributed by atoms with Crippen molar-refractivity contribution in [2.45, 2.75) is 19.6 Å². The number of carboxylic acids is 1. The van der Waals surface area contributed by atoms with Crippen LogP contribution in [0.15, 0.2) is 42.5 Å². The highest BCUT2D eigenvalue weighted by Crippen LogP contribution is 2.32. The Kier molecular flexibility index (Phi) is 4.40. The van der Waals surface area contributed by atoms with Crippen molar-refractivity contribution in [3.05, 3.63) is 64.7 Å². The average Bonchev–Trinajstić information content (AvgIpc) is 2.45. The minimum atomic E-state index is -4.40. The quantitative estimate of drug-likeness (QED) is 0.884. The van der Waals surface area contributed by atoms with Crippen LogP contribution in [0.4, 0.5) is 18.9 Å². The molecule has 0 saturated heterocycles. The maximum Gasteiger partial charge on any atom is 0.416 e. The number of anilines is 1. The summed E-state index contributed by atoms with van der Waals surface area (Å²) in [6.07, 6.45) is -4.40. The lowest BCUT2D eigenvalue weighted by atomic mass is 10.1. The average molecular weight is 309 g/mol. The van der Waals surface area contributed by atoms with Crippen molar-refractivity contribution in [3.63, 3.8) is 0 Å². The van der Waals surface area contributed by atoms with Crippen molar-refractivity contribution in [3.8, 4) is 0 Å². The van der Waals surface area contributed by atoms with Crippen LogP contribution in [0.1, 0.15) is 27.0 Å². The van der Waals surface area contributed by atoms with Crippen molar-refractivity contribution >= 4 is 11.7 Å². The maximum absolute atomic E-state index is 12.7. The molecule has 0 aromatic heterocycles. The summed E-state index contributed by atoms with van der Waals surface area (Å²) in [4.78, 5) is 10.9. The van der Waals surface area contributed by atoms with E-state index in [-0.39, 0.29) is 12.1 Å². The van der Waals surface area contributed by atoms with E-state index in [2.05, 4.69) is 5.32 Å². The second-order valence-electron chi connectivity index (χ2n) is 4.89. The first-order valence-corrected chi connectivity index (χ1v) is 6.51. The number of aryl methyl sites for hydroxylation is 1. The lowest BCUT2D eigenvalue weighted by Crippen LogP contribution is -2.08.